The van der Waals surface area contributed by atoms with E-state index in [1.165, 1.54) is 48.5 Å². The fourth-order valence-electron chi connectivity index (χ4n) is 2.69. The molecule has 0 radical (unpaired) electrons. The lowest BCUT2D eigenvalue weighted by Gasteiger charge is -2.22. The number of rotatable bonds is 7. The smallest absolute Gasteiger partial charge is 0.243 e. The van der Waals surface area contributed by atoms with Crippen molar-refractivity contribution in [1.82, 2.24) is 4.31 Å². The molecule has 30 heavy (non-hydrogen) atoms. The first-order chi connectivity index (χ1) is 14.3. The van der Waals surface area contributed by atoms with E-state index >= 15 is 0 Å². The zero-order chi connectivity index (χ0) is 21.7. The summed E-state index contributed by atoms with van der Waals surface area (Å²) in [6.45, 7) is -0.574. The van der Waals surface area contributed by atoms with Gasteiger partial charge in [0.2, 0.25) is 15.9 Å². The molecule has 1 amide bonds. The van der Waals surface area contributed by atoms with Crippen LogP contribution in [0, 0.1) is 5.82 Å². The molecule has 3 aromatic rings. The molecule has 0 aliphatic carbocycles. The Balaban J connectivity index is 1.88. The van der Waals surface area contributed by atoms with Crippen LogP contribution in [0.4, 0.5) is 10.1 Å². The highest BCUT2D eigenvalue weighted by molar-refractivity contribution is 7.89. The van der Waals surface area contributed by atoms with Gasteiger partial charge in [-0.1, -0.05) is 41.4 Å². The second-order valence-electron chi connectivity index (χ2n) is 6.37. The van der Waals surface area contributed by atoms with Crippen molar-refractivity contribution in [3.05, 3.63) is 94.2 Å². The topological polar surface area (TPSA) is 66.5 Å². The fourth-order valence-corrected chi connectivity index (χ4v) is 4.39. The lowest BCUT2D eigenvalue weighted by Crippen LogP contribution is -2.37. The summed E-state index contributed by atoms with van der Waals surface area (Å²) >= 11 is 12.1. The molecule has 3 rings (SSSR count). The third-order valence-electron chi connectivity index (χ3n) is 4.20. The van der Waals surface area contributed by atoms with Crippen molar-refractivity contribution in [3.8, 4) is 0 Å². The summed E-state index contributed by atoms with van der Waals surface area (Å²) in [5, 5.41) is 3.34. The molecule has 0 aromatic heterocycles. The zero-order valence-corrected chi connectivity index (χ0v) is 17.9. The average molecular weight is 467 g/mol. The Kier molecular flexibility index (Phi) is 7.10. The lowest BCUT2D eigenvalue weighted by atomic mass is 10.2. The molecule has 0 saturated carbocycles. The largest absolute Gasteiger partial charge is 0.325 e. The SMILES string of the molecule is O=C(CN(Cc1ccccc1Cl)S(=O)(=O)c1ccc(Cl)cc1)Nc1ccc(F)cc1. The van der Waals surface area contributed by atoms with E-state index in [1.807, 2.05) is 0 Å². The van der Waals surface area contributed by atoms with Gasteiger partial charge in [-0.2, -0.15) is 4.31 Å². The minimum absolute atomic E-state index is 0.00599. The molecule has 5 nitrogen and oxygen atoms in total. The Morgan fingerprint density at radius 1 is 0.933 bits per heavy atom. The van der Waals surface area contributed by atoms with Gasteiger partial charge in [0.15, 0.2) is 0 Å². The molecule has 0 aliphatic rings. The van der Waals surface area contributed by atoms with Crippen molar-refractivity contribution in [2.75, 3.05) is 11.9 Å². The van der Waals surface area contributed by atoms with Crippen LogP contribution in [0.1, 0.15) is 5.56 Å². The third-order valence-corrected chi connectivity index (χ3v) is 6.63. The second kappa shape index (κ2) is 9.57. The Morgan fingerprint density at radius 2 is 1.57 bits per heavy atom. The number of nitrogens with one attached hydrogen (secondary N) is 1. The van der Waals surface area contributed by atoms with Gasteiger partial charge in [-0.05, 0) is 60.2 Å². The van der Waals surface area contributed by atoms with Gasteiger partial charge in [0, 0.05) is 22.3 Å². The average Bonchev–Trinajstić information content (AvgIpc) is 2.71. The minimum Gasteiger partial charge on any atom is -0.325 e. The van der Waals surface area contributed by atoms with Crippen molar-refractivity contribution in [2.24, 2.45) is 0 Å². The summed E-state index contributed by atoms with van der Waals surface area (Å²) in [4.78, 5) is 12.5. The number of amides is 1. The van der Waals surface area contributed by atoms with Gasteiger partial charge in [0.1, 0.15) is 5.82 Å². The Morgan fingerprint density at radius 3 is 2.20 bits per heavy atom. The summed E-state index contributed by atoms with van der Waals surface area (Å²) < 4.78 is 40.5. The van der Waals surface area contributed by atoms with Gasteiger partial charge in [-0.25, -0.2) is 12.8 Å². The maximum Gasteiger partial charge on any atom is 0.243 e. The summed E-state index contributed by atoms with van der Waals surface area (Å²) in [7, 11) is -4.03. The van der Waals surface area contributed by atoms with Crippen LogP contribution in [0.15, 0.2) is 77.7 Å². The standard InChI is InChI=1S/C21H17Cl2FN2O3S/c22-16-5-11-19(12-6-16)30(28,29)26(13-15-3-1-2-4-20(15)23)14-21(27)25-18-9-7-17(24)8-10-18/h1-12H,13-14H2,(H,25,27). The molecule has 0 unspecified atom stereocenters. The Labute approximate surface area is 184 Å². The van der Waals surface area contributed by atoms with Gasteiger partial charge < -0.3 is 5.32 Å². The van der Waals surface area contributed by atoms with E-state index in [-0.39, 0.29) is 11.4 Å². The molecular formula is C21H17Cl2FN2O3S. The van der Waals surface area contributed by atoms with Crippen LogP contribution in [-0.4, -0.2) is 25.2 Å². The van der Waals surface area contributed by atoms with Crippen molar-refractivity contribution in [1.29, 1.82) is 0 Å². The van der Waals surface area contributed by atoms with Gasteiger partial charge in [0.05, 0.1) is 11.4 Å². The normalized spacial score (nSPS) is 11.5. The molecular weight excluding hydrogens is 450 g/mol. The first-order valence-electron chi connectivity index (χ1n) is 8.80. The number of benzene rings is 3. The maximum atomic E-state index is 13.2. The van der Waals surface area contributed by atoms with E-state index in [9.17, 15) is 17.6 Å². The Bertz CT molecular complexity index is 1140. The molecule has 0 heterocycles. The molecule has 3 aromatic carbocycles. The highest BCUT2D eigenvalue weighted by Gasteiger charge is 2.27. The molecule has 156 valence electrons. The Hall–Kier alpha value is -2.45. The highest BCUT2D eigenvalue weighted by Crippen LogP contribution is 2.23. The van der Waals surface area contributed by atoms with E-state index in [4.69, 9.17) is 23.2 Å². The molecule has 0 bridgehead atoms. The first-order valence-corrected chi connectivity index (χ1v) is 11.0. The molecule has 0 atom stereocenters. The molecule has 9 heteroatoms. The number of hydrogen-bond donors (Lipinski definition) is 1. The van der Waals surface area contributed by atoms with Crippen LogP contribution in [0.2, 0.25) is 10.0 Å². The predicted octanol–water partition coefficient (Wildman–Crippen LogP) is 4.96. The number of halogens is 3. The van der Waals surface area contributed by atoms with Gasteiger partial charge in [-0.3, -0.25) is 4.79 Å². The number of anilines is 1. The quantitative estimate of drug-likeness (QED) is 0.534. The van der Waals surface area contributed by atoms with Crippen LogP contribution in [0.3, 0.4) is 0 Å². The predicted molar refractivity (Wildman–Crippen MR) is 116 cm³/mol. The van der Waals surface area contributed by atoms with Gasteiger partial charge in [0.25, 0.3) is 0 Å². The van der Waals surface area contributed by atoms with Crippen LogP contribution in [0.5, 0.6) is 0 Å². The van der Waals surface area contributed by atoms with E-state index in [1.54, 1.807) is 24.3 Å². The first kappa shape index (κ1) is 22.2. The number of hydrogen-bond acceptors (Lipinski definition) is 3. The summed E-state index contributed by atoms with van der Waals surface area (Å²) in [6.07, 6.45) is 0. The fraction of sp³-hybridized carbons (Fsp3) is 0.0952. The van der Waals surface area contributed by atoms with Crippen LogP contribution in [0.25, 0.3) is 0 Å². The van der Waals surface area contributed by atoms with Crippen LogP contribution >= 0.6 is 23.2 Å². The van der Waals surface area contributed by atoms with Crippen molar-refractivity contribution in [2.45, 2.75) is 11.4 Å². The monoisotopic (exact) mass is 466 g/mol. The van der Waals surface area contributed by atoms with E-state index in [0.29, 0.717) is 21.3 Å². The molecule has 0 fully saturated rings. The number of nitrogens with zero attached hydrogens (tertiary/aromatic N) is 1. The van der Waals surface area contributed by atoms with E-state index in [0.717, 1.165) is 4.31 Å². The van der Waals surface area contributed by atoms with E-state index in [2.05, 4.69) is 5.32 Å². The minimum atomic E-state index is -4.03. The molecule has 0 saturated heterocycles. The van der Waals surface area contributed by atoms with Crippen molar-refractivity contribution >= 4 is 44.8 Å². The summed E-state index contributed by atoms with van der Waals surface area (Å²) in [5.41, 5.74) is 0.897. The summed E-state index contributed by atoms with van der Waals surface area (Å²) in [6, 6.07) is 17.6. The van der Waals surface area contributed by atoms with Crippen molar-refractivity contribution < 1.29 is 17.6 Å². The lowest BCUT2D eigenvalue weighted by molar-refractivity contribution is -0.116. The molecule has 0 spiro atoms. The van der Waals surface area contributed by atoms with Crippen LogP contribution in [-0.2, 0) is 21.4 Å². The van der Waals surface area contributed by atoms with Crippen LogP contribution < -0.4 is 5.32 Å². The van der Waals surface area contributed by atoms with Gasteiger partial charge >= 0.3 is 0 Å². The number of carbonyl (C=O) groups excluding carboxylic acids is 1. The number of carbonyl (C=O) groups is 1. The third kappa shape index (κ3) is 5.58. The highest BCUT2D eigenvalue weighted by atomic mass is 35.5. The maximum absolute atomic E-state index is 13.2. The van der Waals surface area contributed by atoms with Gasteiger partial charge in [-0.15, -0.1) is 0 Å². The summed E-state index contributed by atoms with van der Waals surface area (Å²) in [5.74, 6) is -1.02. The number of sulfonamides is 1. The zero-order valence-electron chi connectivity index (χ0n) is 15.6. The van der Waals surface area contributed by atoms with Crippen molar-refractivity contribution in [3.63, 3.8) is 0 Å². The van der Waals surface area contributed by atoms with E-state index < -0.39 is 28.3 Å². The molecule has 1 N–H and O–H groups in total. The molecule has 0 aliphatic heterocycles. The second-order valence-corrected chi connectivity index (χ2v) is 9.16.